The van der Waals surface area contributed by atoms with Crippen LogP contribution >= 0.6 is 0 Å². The predicted molar refractivity (Wildman–Crippen MR) is 60.6 cm³/mol. The van der Waals surface area contributed by atoms with Crippen LogP contribution in [0, 0.1) is 0 Å². The van der Waals surface area contributed by atoms with Gasteiger partial charge < -0.3 is 5.73 Å². The van der Waals surface area contributed by atoms with Gasteiger partial charge in [-0.1, -0.05) is 13.0 Å². The van der Waals surface area contributed by atoms with E-state index in [1.165, 1.54) is 5.56 Å². The number of aromatic nitrogens is 1. The van der Waals surface area contributed by atoms with E-state index in [-0.39, 0.29) is 5.78 Å². The van der Waals surface area contributed by atoms with Gasteiger partial charge in [-0.3, -0.25) is 9.78 Å². The minimum absolute atomic E-state index is 0.0132. The van der Waals surface area contributed by atoms with E-state index in [1.54, 1.807) is 13.8 Å². The molecule has 0 bridgehead atoms. The molecule has 0 amide bonds. The van der Waals surface area contributed by atoms with Gasteiger partial charge in [0.2, 0.25) is 0 Å². The van der Waals surface area contributed by atoms with Crippen LogP contribution in [0.4, 0.5) is 0 Å². The van der Waals surface area contributed by atoms with Crippen molar-refractivity contribution < 1.29 is 4.79 Å². The second kappa shape index (κ2) is 4.53. The SMILES string of the molecule is CCc1ccc(CC(=O)C(C)(C)N)nc1. The smallest absolute Gasteiger partial charge is 0.158 e. The fraction of sp³-hybridized carbons (Fsp3) is 0.500. The Kier molecular flexibility index (Phi) is 3.58. The molecule has 0 saturated heterocycles. The van der Waals surface area contributed by atoms with E-state index < -0.39 is 5.54 Å². The molecule has 0 unspecified atom stereocenters. The summed E-state index contributed by atoms with van der Waals surface area (Å²) in [6.45, 7) is 5.51. The van der Waals surface area contributed by atoms with Gasteiger partial charge in [-0.15, -0.1) is 0 Å². The molecule has 0 saturated carbocycles. The number of Topliss-reactive ketones (excluding diaryl/α,β-unsaturated/α-hetero) is 1. The average Bonchev–Trinajstić information content (AvgIpc) is 2.17. The molecule has 0 aliphatic rings. The van der Waals surface area contributed by atoms with Crippen molar-refractivity contribution in [3.8, 4) is 0 Å². The highest BCUT2D eigenvalue weighted by molar-refractivity contribution is 5.88. The van der Waals surface area contributed by atoms with Gasteiger partial charge in [-0.25, -0.2) is 0 Å². The molecule has 1 aromatic rings. The van der Waals surface area contributed by atoms with Crippen molar-refractivity contribution in [2.75, 3.05) is 0 Å². The molecule has 0 spiro atoms. The number of rotatable bonds is 4. The quantitative estimate of drug-likeness (QED) is 0.812. The van der Waals surface area contributed by atoms with Crippen LogP contribution in [-0.4, -0.2) is 16.3 Å². The van der Waals surface area contributed by atoms with Crippen molar-refractivity contribution in [3.05, 3.63) is 29.6 Å². The zero-order chi connectivity index (χ0) is 11.5. The third-order valence-electron chi connectivity index (χ3n) is 2.35. The summed E-state index contributed by atoms with van der Waals surface area (Å²) in [7, 11) is 0. The first kappa shape index (κ1) is 11.9. The second-order valence-electron chi connectivity index (χ2n) is 4.33. The minimum Gasteiger partial charge on any atom is -0.319 e. The number of hydrogen-bond donors (Lipinski definition) is 1. The number of pyridine rings is 1. The van der Waals surface area contributed by atoms with Gasteiger partial charge in [0.25, 0.3) is 0 Å². The van der Waals surface area contributed by atoms with Crippen molar-refractivity contribution in [2.24, 2.45) is 5.73 Å². The molecule has 2 N–H and O–H groups in total. The summed E-state index contributed by atoms with van der Waals surface area (Å²) >= 11 is 0. The van der Waals surface area contributed by atoms with Crippen molar-refractivity contribution in [1.82, 2.24) is 4.98 Å². The molecule has 0 aromatic carbocycles. The standard InChI is InChI=1S/C12H18N2O/c1-4-9-5-6-10(14-8-9)7-11(15)12(2,3)13/h5-6,8H,4,7,13H2,1-3H3. The predicted octanol–water partition coefficient (Wildman–Crippen LogP) is 1.49. The maximum absolute atomic E-state index is 11.6. The Morgan fingerprint density at radius 2 is 2.13 bits per heavy atom. The van der Waals surface area contributed by atoms with E-state index in [0.717, 1.165) is 12.1 Å². The summed E-state index contributed by atoms with van der Waals surface area (Å²) in [6, 6.07) is 3.89. The Morgan fingerprint density at radius 1 is 1.47 bits per heavy atom. The monoisotopic (exact) mass is 206 g/mol. The van der Waals surface area contributed by atoms with E-state index in [1.807, 2.05) is 18.3 Å². The number of hydrogen-bond acceptors (Lipinski definition) is 3. The van der Waals surface area contributed by atoms with E-state index in [2.05, 4.69) is 11.9 Å². The molecule has 3 heteroatoms. The lowest BCUT2D eigenvalue weighted by Gasteiger charge is -2.16. The zero-order valence-electron chi connectivity index (χ0n) is 9.58. The molecule has 1 heterocycles. The Labute approximate surface area is 90.7 Å². The molecule has 0 radical (unpaired) electrons. The summed E-state index contributed by atoms with van der Waals surface area (Å²) in [6.07, 6.45) is 3.09. The maximum Gasteiger partial charge on any atom is 0.158 e. The summed E-state index contributed by atoms with van der Waals surface area (Å²) in [5, 5.41) is 0. The third-order valence-corrected chi connectivity index (χ3v) is 2.35. The summed E-state index contributed by atoms with van der Waals surface area (Å²) < 4.78 is 0. The molecule has 1 aromatic heterocycles. The van der Waals surface area contributed by atoms with Gasteiger partial charge in [0.15, 0.2) is 5.78 Å². The summed E-state index contributed by atoms with van der Waals surface area (Å²) in [5.74, 6) is 0.0132. The number of nitrogens with zero attached hydrogens (tertiary/aromatic N) is 1. The Balaban J connectivity index is 2.70. The van der Waals surface area contributed by atoms with Crippen molar-refractivity contribution >= 4 is 5.78 Å². The van der Waals surface area contributed by atoms with Gasteiger partial charge in [0, 0.05) is 11.9 Å². The molecule has 0 aliphatic carbocycles. The van der Waals surface area contributed by atoms with Crippen LogP contribution in [0.25, 0.3) is 0 Å². The molecular weight excluding hydrogens is 188 g/mol. The molecule has 1 rings (SSSR count). The first-order valence-corrected chi connectivity index (χ1v) is 5.19. The fourth-order valence-electron chi connectivity index (χ4n) is 1.16. The summed E-state index contributed by atoms with van der Waals surface area (Å²) in [5.41, 5.74) is 6.90. The number of nitrogens with two attached hydrogens (primary N) is 1. The maximum atomic E-state index is 11.6. The Morgan fingerprint density at radius 3 is 2.53 bits per heavy atom. The number of carbonyl (C=O) groups excluding carboxylic acids is 1. The third kappa shape index (κ3) is 3.44. The van der Waals surface area contributed by atoms with Crippen LogP contribution in [0.2, 0.25) is 0 Å². The average molecular weight is 206 g/mol. The lowest BCUT2D eigenvalue weighted by molar-refractivity contribution is -0.122. The highest BCUT2D eigenvalue weighted by Gasteiger charge is 2.21. The molecule has 0 atom stereocenters. The van der Waals surface area contributed by atoms with E-state index in [4.69, 9.17) is 5.73 Å². The van der Waals surface area contributed by atoms with Crippen LogP contribution in [0.15, 0.2) is 18.3 Å². The Hall–Kier alpha value is -1.22. The van der Waals surface area contributed by atoms with Gasteiger partial charge in [0.05, 0.1) is 12.0 Å². The van der Waals surface area contributed by atoms with Crippen LogP contribution < -0.4 is 5.73 Å². The second-order valence-corrected chi connectivity index (χ2v) is 4.33. The molecule has 15 heavy (non-hydrogen) atoms. The molecule has 0 fully saturated rings. The number of ketones is 1. The fourth-order valence-corrected chi connectivity index (χ4v) is 1.16. The summed E-state index contributed by atoms with van der Waals surface area (Å²) in [4.78, 5) is 15.9. The van der Waals surface area contributed by atoms with Gasteiger partial charge in [-0.05, 0) is 31.9 Å². The normalized spacial score (nSPS) is 11.5. The van der Waals surface area contributed by atoms with E-state index in [9.17, 15) is 4.79 Å². The lowest BCUT2D eigenvalue weighted by atomic mass is 9.97. The van der Waals surface area contributed by atoms with Gasteiger partial charge in [-0.2, -0.15) is 0 Å². The van der Waals surface area contributed by atoms with Crippen molar-refractivity contribution in [3.63, 3.8) is 0 Å². The van der Waals surface area contributed by atoms with Crippen LogP contribution in [0.1, 0.15) is 32.0 Å². The molecular formula is C12H18N2O. The van der Waals surface area contributed by atoms with Crippen LogP contribution in [-0.2, 0) is 17.6 Å². The van der Waals surface area contributed by atoms with Gasteiger partial charge >= 0.3 is 0 Å². The van der Waals surface area contributed by atoms with Crippen molar-refractivity contribution in [1.29, 1.82) is 0 Å². The van der Waals surface area contributed by atoms with Gasteiger partial charge in [0.1, 0.15) is 0 Å². The number of carbonyl (C=O) groups is 1. The zero-order valence-corrected chi connectivity index (χ0v) is 9.58. The highest BCUT2D eigenvalue weighted by atomic mass is 16.1. The topological polar surface area (TPSA) is 56.0 Å². The van der Waals surface area contributed by atoms with Crippen LogP contribution in [0.3, 0.4) is 0 Å². The van der Waals surface area contributed by atoms with E-state index in [0.29, 0.717) is 6.42 Å². The van der Waals surface area contributed by atoms with Crippen molar-refractivity contribution in [2.45, 2.75) is 39.2 Å². The van der Waals surface area contributed by atoms with Crippen LogP contribution in [0.5, 0.6) is 0 Å². The Bertz CT molecular complexity index is 336. The largest absolute Gasteiger partial charge is 0.319 e. The molecule has 82 valence electrons. The first-order chi connectivity index (χ1) is 6.93. The molecule has 3 nitrogen and oxygen atoms in total. The first-order valence-electron chi connectivity index (χ1n) is 5.19. The lowest BCUT2D eigenvalue weighted by Crippen LogP contribution is -2.42. The van der Waals surface area contributed by atoms with E-state index >= 15 is 0 Å². The highest BCUT2D eigenvalue weighted by Crippen LogP contribution is 2.07. The number of aryl methyl sites for hydroxylation is 1. The molecule has 0 aliphatic heterocycles. The minimum atomic E-state index is -0.773.